The quantitative estimate of drug-likeness (QED) is 0.819. The lowest BCUT2D eigenvalue weighted by molar-refractivity contribution is -0.140. The van der Waals surface area contributed by atoms with Gasteiger partial charge in [-0.2, -0.15) is 0 Å². The maximum absolute atomic E-state index is 12.9. The van der Waals surface area contributed by atoms with Gasteiger partial charge in [0.2, 0.25) is 5.91 Å². The fraction of sp³-hybridized carbons (Fsp3) is 0.579. The third-order valence-corrected chi connectivity index (χ3v) is 5.49. The van der Waals surface area contributed by atoms with Crippen LogP contribution in [-0.4, -0.2) is 47.3 Å². The van der Waals surface area contributed by atoms with E-state index >= 15 is 0 Å². The van der Waals surface area contributed by atoms with E-state index in [4.69, 9.17) is 11.6 Å². The highest BCUT2D eigenvalue weighted by atomic mass is 35.5. The molecule has 2 aliphatic rings. The zero-order valence-corrected chi connectivity index (χ0v) is 15.0. The van der Waals surface area contributed by atoms with Gasteiger partial charge in [-0.15, -0.1) is 0 Å². The summed E-state index contributed by atoms with van der Waals surface area (Å²) in [7, 11) is 0. The highest BCUT2D eigenvalue weighted by molar-refractivity contribution is 6.30. The third-order valence-electron chi connectivity index (χ3n) is 5.24. The highest BCUT2D eigenvalue weighted by Crippen LogP contribution is 2.25. The van der Waals surface area contributed by atoms with Crippen molar-refractivity contribution in [1.82, 2.24) is 9.80 Å². The lowest BCUT2D eigenvalue weighted by atomic mass is 9.93. The van der Waals surface area contributed by atoms with Crippen LogP contribution in [0.5, 0.6) is 0 Å². The van der Waals surface area contributed by atoms with E-state index in [1.54, 1.807) is 24.3 Å². The van der Waals surface area contributed by atoms with Crippen LogP contribution in [0.4, 0.5) is 0 Å². The zero-order valence-electron chi connectivity index (χ0n) is 14.2. The summed E-state index contributed by atoms with van der Waals surface area (Å²) >= 11 is 5.89. The maximum atomic E-state index is 12.9. The monoisotopic (exact) mass is 348 g/mol. The Labute approximate surface area is 148 Å². The van der Waals surface area contributed by atoms with Crippen LogP contribution in [0.1, 0.15) is 49.4 Å². The van der Waals surface area contributed by atoms with Crippen molar-refractivity contribution in [3.8, 4) is 0 Å². The average Bonchev–Trinajstić information content (AvgIpc) is 2.62. The summed E-state index contributed by atoms with van der Waals surface area (Å²) in [5, 5.41) is 0.623. The normalized spacial score (nSPS) is 24.8. The molecule has 2 saturated heterocycles. The number of benzene rings is 1. The second kappa shape index (κ2) is 7.56. The molecule has 1 aromatic rings. The van der Waals surface area contributed by atoms with Gasteiger partial charge >= 0.3 is 0 Å². The lowest BCUT2D eigenvalue weighted by Gasteiger charge is -2.39. The van der Waals surface area contributed by atoms with Crippen molar-refractivity contribution >= 4 is 23.4 Å². The van der Waals surface area contributed by atoms with Crippen molar-refractivity contribution in [2.45, 2.75) is 45.1 Å². The van der Waals surface area contributed by atoms with Gasteiger partial charge in [-0.25, -0.2) is 0 Å². The molecule has 2 atom stereocenters. The average molecular weight is 349 g/mol. The Bertz CT molecular complexity index is 602. The standard InChI is InChI=1S/C19H25ClN2O2/c1-14-5-2-3-12-22(14)19(24)16-6-4-11-21(13-16)18(23)15-7-9-17(20)10-8-15/h7-10,14,16H,2-6,11-13H2,1H3/t14-,16+/m1/s1. The van der Waals surface area contributed by atoms with Gasteiger partial charge in [-0.05, 0) is 63.3 Å². The van der Waals surface area contributed by atoms with Crippen molar-refractivity contribution in [3.63, 3.8) is 0 Å². The Morgan fingerprint density at radius 1 is 1.04 bits per heavy atom. The third kappa shape index (κ3) is 3.75. The molecule has 0 aromatic heterocycles. The number of amides is 2. The summed E-state index contributed by atoms with van der Waals surface area (Å²) in [6.07, 6.45) is 5.16. The van der Waals surface area contributed by atoms with Gasteiger partial charge < -0.3 is 9.80 Å². The smallest absolute Gasteiger partial charge is 0.253 e. The Morgan fingerprint density at radius 2 is 1.79 bits per heavy atom. The highest BCUT2D eigenvalue weighted by Gasteiger charge is 2.33. The van der Waals surface area contributed by atoms with Crippen LogP contribution < -0.4 is 0 Å². The van der Waals surface area contributed by atoms with Crippen LogP contribution in [0.3, 0.4) is 0 Å². The number of carbonyl (C=O) groups is 2. The molecule has 3 rings (SSSR count). The van der Waals surface area contributed by atoms with Gasteiger partial charge in [0, 0.05) is 36.3 Å². The molecule has 4 nitrogen and oxygen atoms in total. The Kier molecular flexibility index (Phi) is 5.44. The van der Waals surface area contributed by atoms with Crippen LogP contribution in [0, 0.1) is 5.92 Å². The molecular weight excluding hydrogens is 324 g/mol. The summed E-state index contributed by atoms with van der Waals surface area (Å²) < 4.78 is 0. The molecule has 0 spiro atoms. The zero-order chi connectivity index (χ0) is 17.1. The second-order valence-electron chi connectivity index (χ2n) is 6.97. The number of likely N-dealkylation sites (tertiary alicyclic amines) is 2. The molecular formula is C19H25ClN2O2. The van der Waals surface area contributed by atoms with Crippen molar-refractivity contribution in [3.05, 3.63) is 34.9 Å². The molecule has 0 radical (unpaired) electrons. The Balaban J connectivity index is 1.66. The van der Waals surface area contributed by atoms with Gasteiger partial charge in [-0.1, -0.05) is 11.6 Å². The number of hydrogen-bond acceptors (Lipinski definition) is 2. The molecule has 5 heteroatoms. The molecule has 2 aliphatic heterocycles. The Morgan fingerprint density at radius 3 is 2.50 bits per heavy atom. The van der Waals surface area contributed by atoms with E-state index < -0.39 is 0 Å². The van der Waals surface area contributed by atoms with Crippen LogP contribution >= 0.6 is 11.6 Å². The second-order valence-corrected chi connectivity index (χ2v) is 7.41. The van der Waals surface area contributed by atoms with Crippen molar-refractivity contribution < 1.29 is 9.59 Å². The predicted octanol–water partition coefficient (Wildman–Crippen LogP) is 3.59. The van der Waals surface area contributed by atoms with E-state index in [0.29, 0.717) is 23.2 Å². The first-order chi connectivity index (χ1) is 11.6. The topological polar surface area (TPSA) is 40.6 Å². The molecule has 24 heavy (non-hydrogen) atoms. The summed E-state index contributed by atoms with van der Waals surface area (Å²) in [5.41, 5.74) is 0.638. The van der Waals surface area contributed by atoms with Crippen LogP contribution in [0.25, 0.3) is 0 Å². The van der Waals surface area contributed by atoms with Gasteiger partial charge in [0.1, 0.15) is 0 Å². The minimum absolute atomic E-state index is 0.00383. The summed E-state index contributed by atoms with van der Waals surface area (Å²) in [6, 6.07) is 7.30. The van der Waals surface area contributed by atoms with Crippen molar-refractivity contribution in [2.24, 2.45) is 5.92 Å². The first kappa shape index (κ1) is 17.3. The van der Waals surface area contributed by atoms with E-state index in [1.165, 1.54) is 6.42 Å². The lowest BCUT2D eigenvalue weighted by Crippen LogP contribution is -2.50. The van der Waals surface area contributed by atoms with E-state index in [-0.39, 0.29) is 17.7 Å². The number of carbonyl (C=O) groups excluding carboxylic acids is 2. The first-order valence-corrected chi connectivity index (χ1v) is 9.29. The van der Waals surface area contributed by atoms with Gasteiger partial charge in [-0.3, -0.25) is 9.59 Å². The SMILES string of the molecule is C[C@@H]1CCCCN1C(=O)[C@H]1CCCN(C(=O)c2ccc(Cl)cc2)C1. The van der Waals surface area contributed by atoms with E-state index in [2.05, 4.69) is 6.92 Å². The predicted molar refractivity (Wildman–Crippen MR) is 95.1 cm³/mol. The van der Waals surface area contributed by atoms with E-state index in [1.807, 2.05) is 9.80 Å². The molecule has 2 fully saturated rings. The molecule has 2 heterocycles. The number of nitrogens with zero attached hydrogens (tertiary/aromatic N) is 2. The number of hydrogen-bond donors (Lipinski definition) is 0. The summed E-state index contributed by atoms with van der Waals surface area (Å²) in [4.78, 5) is 29.4. The number of piperidine rings is 2. The minimum atomic E-state index is -0.0597. The largest absolute Gasteiger partial charge is 0.340 e. The minimum Gasteiger partial charge on any atom is -0.340 e. The maximum Gasteiger partial charge on any atom is 0.253 e. The van der Waals surface area contributed by atoms with E-state index in [9.17, 15) is 9.59 Å². The fourth-order valence-electron chi connectivity index (χ4n) is 3.80. The van der Waals surface area contributed by atoms with Crippen molar-refractivity contribution in [1.29, 1.82) is 0 Å². The summed E-state index contributed by atoms with van der Waals surface area (Å²) in [5.74, 6) is 0.169. The first-order valence-electron chi connectivity index (χ1n) is 8.91. The van der Waals surface area contributed by atoms with E-state index in [0.717, 1.165) is 38.8 Å². The Hall–Kier alpha value is -1.55. The van der Waals surface area contributed by atoms with Crippen LogP contribution in [0.15, 0.2) is 24.3 Å². The number of rotatable bonds is 2. The molecule has 2 amide bonds. The molecule has 0 aliphatic carbocycles. The van der Waals surface area contributed by atoms with Crippen LogP contribution in [-0.2, 0) is 4.79 Å². The van der Waals surface area contributed by atoms with Crippen LogP contribution in [0.2, 0.25) is 5.02 Å². The van der Waals surface area contributed by atoms with Gasteiger partial charge in [0.15, 0.2) is 0 Å². The van der Waals surface area contributed by atoms with Gasteiger partial charge in [0.25, 0.3) is 5.91 Å². The molecule has 0 saturated carbocycles. The number of halogens is 1. The van der Waals surface area contributed by atoms with Crippen molar-refractivity contribution in [2.75, 3.05) is 19.6 Å². The molecule has 130 valence electrons. The van der Waals surface area contributed by atoms with Gasteiger partial charge in [0.05, 0.1) is 5.92 Å². The summed E-state index contributed by atoms with van der Waals surface area (Å²) in [6.45, 7) is 4.25. The molecule has 1 aromatic carbocycles. The fourth-order valence-corrected chi connectivity index (χ4v) is 3.92. The molecule has 0 unspecified atom stereocenters. The molecule has 0 bridgehead atoms. The molecule has 0 N–H and O–H groups in total.